The molecule has 1 N–H and O–H groups in total. The summed E-state index contributed by atoms with van der Waals surface area (Å²) in [6.45, 7) is 2.23. The van der Waals surface area contributed by atoms with Crippen LogP contribution < -0.4 is 5.32 Å². The average molecular weight is 249 g/mol. The monoisotopic (exact) mass is 249 g/mol. The molecule has 1 aliphatic heterocycles. The number of Topliss-reactive ketones (excluding diaryl/α,β-unsaturated/α-hetero) is 1. The van der Waals surface area contributed by atoms with E-state index in [2.05, 4.69) is 17.6 Å². The lowest BCUT2D eigenvalue weighted by Crippen LogP contribution is -2.48. The third-order valence-electron chi connectivity index (χ3n) is 4.17. The fourth-order valence-electron chi connectivity index (χ4n) is 3.25. The fraction of sp³-hybridized carbons (Fsp3) is 0.643. The predicted molar refractivity (Wildman–Crippen MR) is 70.7 cm³/mol. The number of ketones is 1. The van der Waals surface area contributed by atoms with Crippen LogP contribution in [0.15, 0.2) is 11.4 Å². The van der Waals surface area contributed by atoms with E-state index in [0.717, 1.165) is 18.4 Å². The molecule has 2 nitrogen and oxygen atoms in total. The molecule has 3 rings (SSSR count). The van der Waals surface area contributed by atoms with Gasteiger partial charge in [-0.1, -0.05) is 6.42 Å². The fourth-order valence-corrected chi connectivity index (χ4v) is 4.15. The quantitative estimate of drug-likeness (QED) is 0.829. The highest BCUT2D eigenvalue weighted by atomic mass is 32.1. The van der Waals surface area contributed by atoms with Gasteiger partial charge in [-0.2, -0.15) is 0 Å². The third-order valence-corrected chi connectivity index (χ3v) is 5.15. The molecule has 1 fully saturated rings. The van der Waals surface area contributed by atoms with E-state index in [1.807, 2.05) is 6.07 Å². The van der Waals surface area contributed by atoms with E-state index in [-0.39, 0.29) is 5.92 Å². The summed E-state index contributed by atoms with van der Waals surface area (Å²) in [5, 5.41) is 5.68. The number of aryl methyl sites for hydroxylation is 1. The van der Waals surface area contributed by atoms with Crippen molar-refractivity contribution < 1.29 is 4.79 Å². The summed E-state index contributed by atoms with van der Waals surface area (Å²) >= 11 is 1.74. The molecule has 0 bridgehead atoms. The van der Waals surface area contributed by atoms with Crippen molar-refractivity contribution in [1.82, 2.24) is 5.32 Å². The lowest BCUT2D eigenvalue weighted by atomic mass is 9.79. The third kappa shape index (κ3) is 2.06. The first-order chi connectivity index (χ1) is 8.25. The molecular weight excluding hydrogens is 230 g/mol. The minimum absolute atomic E-state index is 0.222. The summed E-state index contributed by atoms with van der Waals surface area (Å²) in [5.41, 5.74) is 1.01. The number of piperidine rings is 1. The zero-order valence-electron chi connectivity index (χ0n) is 10.2. The van der Waals surface area contributed by atoms with E-state index < -0.39 is 0 Å². The lowest BCUT2D eigenvalue weighted by molar-refractivity contribution is 0.0846. The molecule has 1 saturated heterocycles. The van der Waals surface area contributed by atoms with Gasteiger partial charge in [0.25, 0.3) is 0 Å². The Morgan fingerprint density at radius 2 is 2.24 bits per heavy atom. The molecule has 0 saturated carbocycles. The van der Waals surface area contributed by atoms with Crippen LogP contribution in [-0.4, -0.2) is 17.9 Å². The van der Waals surface area contributed by atoms with Crippen LogP contribution in [0.1, 0.15) is 47.8 Å². The number of rotatable bonds is 1. The van der Waals surface area contributed by atoms with Crippen LogP contribution in [0.2, 0.25) is 0 Å². The maximum atomic E-state index is 12.5. The van der Waals surface area contributed by atoms with Gasteiger partial charge in [-0.15, -0.1) is 11.3 Å². The van der Waals surface area contributed by atoms with Crippen molar-refractivity contribution in [2.75, 3.05) is 0 Å². The zero-order valence-corrected chi connectivity index (χ0v) is 11.1. The van der Waals surface area contributed by atoms with Crippen LogP contribution >= 0.6 is 11.3 Å². The highest BCUT2D eigenvalue weighted by molar-refractivity contribution is 7.10. The van der Waals surface area contributed by atoms with E-state index in [1.165, 1.54) is 24.1 Å². The Morgan fingerprint density at radius 3 is 3.06 bits per heavy atom. The first kappa shape index (κ1) is 11.4. The van der Waals surface area contributed by atoms with Crippen LogP contribution in [-0.2, 0) is 6.42 Å². The van der Waals surface area contributed by atoms with Gasteiger partial charge >= 0.3 is 0 Å². The number of fused-ring (bicyclic) bond motifs is 1. The second-order valence-electron chi connectivity index (χ2n) is 5.37. The van der Waals surface area contributed by atoms with E-state index in [9.17, 15) is 4.79 Å². The summed E-state index contributed by atoms with van der Waals surface area (Å²) in [6, 6.07) is 3.01. The zero-order chi connectivity index (χ0) is 11.8. The summed E-state index contributed by atoms with van der Waals surface area (Å²) in [4.78, 5) is 13.8. The highest BCUT2D eigenvalue weighted by Crippen LogP contribution is 2.33. The van der Waals surface area contributed by atoms with Crippen LogP contribution in [0.4, 0.5) is 0 Å². The Labute approximate surface area is 106 Å². The van der Waals surface area contributed by atoms with Crippen molar-refractivity contribution in [3.8, 4) is 0 Å². The standard InChI is InChI=1S/C14H19NOS/c1-9-3-2-4-12(15-9)10-5-6-13-11(14(10)16)7-8-17-13/h7-10,12,15H,2-6H2,1H3. The molecule has 2 aliphatic rings. The van der Waals surface area contributed by atoms with E-state index in [0.29, 0.717) is 17.9 Å². The minimum atomic E-state index is 0.222. The second kappa shape index (κ2) is 4.54. The minimum Gasteiger partial charge on any atom is -0.311 e. The smallest absolute Gasteiger partial charge is 0.168 e. The maximum absolute atomic E-state index is 12.5. The van der Waals surface area contributed by atoms with Crippen LogP contribution in [0.3, 0.4) is 0 Å². The Balaban J connectivity index is 1.79. The van der Waals surface area contributed by atoms with Crippen molar-refractivity contribution in [2.45, 2.75) is 51.1 Å². The van der Waals surface area contributed by atoms with Gasteiger partial charge in [0.2, 0.25) is 0 Å². The molecule has 3 heteroatoms. The van der Waals surface area contributed by atoms with Gasteiger partial charge < -0.3 is 5.32 Å². The number of carbonyl (C=O) groups is 1. The molecule has 3 atom stereocenters. The molecule has 1 aromatic rings. The lowest BCUT2D eigenvalue weighted by Gasteiger charge is -2.35. The molecule has 3 unspecified atom stereocenters. The van der Waals surface area contributed by atoms with Gasteiger partial charge in [0.05, 0.1) is 0 Å². The normalized spacial score (nSPS) is 33.5. The highest BCUT2D eigenvalue weighted by Gasteiger charge is 2.35. The van der Waals surface area contributed by atoms with Crippen LogP contribution in [0.25, 0.3) is 0 Å². The molecule has 0 radical (unpaired) electrons. The van der Waals surface area contributed by atoms with Crippen molar-refractivity contribution in [3.05, 3.63) is 21.9 Å². The molecular formula is C14H19NOS. The van der Waals surface area contributed by atoms with Crippen LogP contribution in [0, 0.1) is 5.92 Å². The van der Waals surface area contributed by atoms with Gasteiger partial charge in [-0.3, -0.25) is 4.79 Å². The summed E-state index contributed by atoms with van der Waals surface area (Å²) in [7, 11) is 0. The summed E-state index contributed by atoms with van der Waals surface area (Å²) in [6.07, 6.45) is 5.81. The first-order valence-electron chi connectivity index (χ1n) is 6.62. The molecule has 17 heavy (non-hydrogen) atoms. The van der Waals surface area contributed by atoms with Crippen molar-refractivity contribution in [3.63, 3.8) is 0 Å². The van der Waals surface area contributed by atoms with E-state index >= 15 is 0 Å². The molecule has 0 aromatic carbocycles. The van der Waals surface area contributed by atoms with E-state index in [4.69, 9.17) is 0 Å². The molecule has 92 valence electrons. The Bertz CT molecular complexity index is 426. The van der Waals surface area contributed by atoms with Crippen molar-refractivity contribution >= 4 is 17.1 Å². The summed E-state index contributed by atoms with van der Waals surface area (Å²) < 4.78 is 0. The average Bonchev–Trinajstić information content (AvgIpc) is 2.78. The molecule has 2 heterocycles. The number of hydrogen-bond donors (Lipinski definition) is 1. The second-order valence-corrected chi connectivity index (χ2v) is 6.37. The van der Waals surface area contributed by atoms with Gasteiger partial charge in [0, 0.05) is 28.4 Å². The van der Waals surface area contributed by atoms with Crippen LogP contribution in [0.5, 0.6) is 0 Å². The van der Waals surface area contributed by atoms with E-state index in [1.54, 1.807) is 11.3 Å². The molecule has 1 aromatic heterocycles. The van der Waals surface area contributed by atoms with Gasteiger partial charge in [-0.25, -0.2) is 0 Å². The number of carbonyl (C=O) groups excluding carboxylic acids is 1. The van der Waals surface area contributed by atoms with Gasteiger partial charge in [0.15, 0.2) is 5.78 Å². The van der Waals surface area contributed by atoms with Crippen molar-refractivity contribution in [2.24, 2.45) is 5.92 Å². The SMILES string of the molecule is CC1CCCC(C2CCc3sccc3C2=O)N1. The van der Waals surface area contributed by atoms with Crippen molar-refractivity contribution in [1.29, 1.82) is 0 Å². The van der Waals surface area contributed by atoms with Gasteiger partial charge in [-0.05, 0) is 44.1 Å². The largest absolute Gasteiger partial charge is 0.311 e. The molecule has 1 aliphatic carbocycles. The Hall–Kier alpha value is -0.670. The maximum Gasteiger partial charge on any atom is 0.168 e. The number of nitrogens with one attached hydrogen (secondary N) is 1. The molecule has 0 spiro atoms. The number of thiophene rings is 1. The Morgan fingerprint density at radius 1 is 1.35 bits per heavy atom. The topological polar surface area (TPSA) is 29.1 Å². The Kier molecular flexibility index (Phi) is 3.05. The number of hydrogen-bond acceptors (Lipinski definition) is 3. The predicted octanol–water partition coefficient (Wildman–Crippen LogP) is 3.02. The molecule has 0 amide bonds. The van der Waals surface area contributed by atoms with Gasteiger partial charge in [0.1, 0.15) is 0 Å². The first-order valence-corrected chi connectivity index (χ1v) is 7.50. The summed E-state index contributed by atoms with van der Waals surface area (Å²) in [5.74, 6) is 0.610.